The monoisotopic (exact) mass is 355 g/mol. The van der Waals surface area contributed by atoms with Crippen LogP contribution in [0.2, 0.25) is 0 Å². The number of rotatable bonds is 3. The number of hydrogen-bond acceptors (Lipinski definition) is 3. The average Bonchev–Trinajstić information content (AvgIpc) is 2.44. The molecule has 0 saturated carbocycles. The van der Waals surface area contributed by atoms with Gasteiger partial charge in [-0.1, -0.05) is 15.9 Å². The predicted octanol–water partition coefficient (Wildman–Crippen LogP) is 3.86. The third-order valence-corrected chi connectivity index (χ3v) is 3.89. The maximum atomic E-state index is 14.0. The van der Waals surface area contributed by atoms with E-state index in [0.29, 0.717) is 4.47 Å². The minimum Gasteiger partial charge on any atom is -0.496 e. The second-order valence-corrected chi connectivity index (χ2v) is 5.34. The van der Waals surface area contributed by atoms with Gasteiger partial charge in [-0.05, 0) is 36.8 Å². The van der Waals surface area contributed by atoms with Gasteiger partial charge in [0.15, 0.2) is 11.6 Å². The molecule has 0 heterocycles. The van der Waals surface area contributed by atoms with Crippen molar-refractivity contribution in [2.24, 2.45) is 0 Å². The van der Waals surface area contributed by atoms with E-state index in [-0.39, 0.29) is 11.3 Å². The van der Waals surface area contributed by atoms with Crippen molar-refractivity contribution in [3.05, 3.63) is 57.1 Å². The lowest BCUT2D eigenvalue weighted by molar-refractivity contribution is 0.103. The molecule has 0 saturated heterocycles. The van der Waals surface area contributed by atoms with Gasteiger partial charge in [0, 0.05) is 4.47 Å². The molecule has 0 bridgehead atoms. The Labute approximate surface area is 128 Å². The molecular formula is C15H12BrF2NO2. The number of aryl methyl sites for hydroxylation is 1. The van der Waals surface area contributed by atoms with Crippen LogP contribution in [-0.4, -0.2) is 12.9 Å². The summed E-state index contributed by atoms with van der Waals surface area (Å²) in [4.78, 5) is 12.5. The molecule has 0 atom stereocenters. The van der Waals surface area contributed by atoms with Crippen LogP contribution in [0.25, 0.3) is 0 Å². The van der Waals surface area contributed by atoms with Gasteiger partial charge in [-0.25, -0.2) is 8.78 Å². The van der Waals surface area contributed by atoms with Gasteiger partial charge in [0.05, 0.1) is 23.9 Å². The van der Waals surface area contributed by atoms with Crippen LogP contribution in [0.15, 0.2) is 28.7 Å². The highest BCUT2D eigenvalue weighted by Gasteiger charge is 2.21. The van der Waals surface area contributed by atoms with Gasteiger partial charge in [-0.15, -0.1) is 0 Å². The molecule has 2 rings (SSSR count). The molecule has 0 unspecified atom stereocenters. The van der Waals surface area contributed by atoms with Gasteiger partial charge in [0.25, 0.3) is 0 Å². The number of benzene rings is 2. The first-order chi connectivity index (χ1) is 9.85. The summed E-state index contributed by atoms with van der Waals surface area (Å²) in [6, 6.07) is 4.80. The van der Waals surface area contributed by atoms with Crippen LogP contribution >= 0.6 is 15.9 Å². The maximum Gasteiger partial charge on any atom is 0.199 e. The van der Waals surface area contributed by atoms with Crippen LogP contribution < -0.4 is 10.5 Å². The number of carbonyl (C=O) groups is 1. The molecule has 0 spiro atoms. The molecule has 6 heteroatoms. The van der Waals surface area contributed by atoms with E-state index in [1.165, 1.54) is 13.2 Å². The highest BCUT2D eigenvalue weighted by atomic mass is 79.9. The zero-order valence-corrected chi connectivity index (χ0v) is 12.9. The van der Waals surface area contributed by atoms with Crippen molar-refractivity contribution >= 4 is 27.4 Å². The van der Waals surface area contributed by atoms with E-state index in [2.05, 4.69) is 15.9 Å². The molecule has 2 aromatic carbocycles. The number of halogens is 3. The number of anilines is 1. The van der Waals surface area contributed by atoms with Crippen molar-refractivity contribution < 1.29 is 18.3 Å². The Bertz CT molecular complexity index is 732. The van der Waals surface area contributed by atoms with Crippen molar-refractivity contribution in [3.8, 4) is 5.75 Å². The molecule has 0 aromatic heterocycles. The zero-order valence-electron chi connectivity index (χ0n) is 11.3. The molecule has 0 fully saturated rings. The molecule has 110 valence electrons. The largest absolute Gasteiger partial charge is 0.496 e. The Morgan fingerprint density at radius 1 is 1.19 bits per heavy atom. The second kappa shape index (κ2) is 5.81. The molecule has 2 aromatic rings. The Morgan fingerprint density at radius 2 is 1.86 bits per heavy atom. The maximum absolute atomic E-state index is 14.0. The molecule has 0 aliphatic heterocycles. The van der Waals surface area contributed by atoms with E-state index < -0.39 is 28.7 Å². The van der Waals surface area contributed by atoms with Crippen molar-refractivity contribution in [1.29, 1.82) is 0 Å². The summed E-state index contributed by atoms with van der Waals surface area (Å²) in [7, 11) is 1.40. The van der Waals surface area contributed by atoms with Gasteiger partial charge in [-0.3, -0.25) is 4.79 Å². The van der Waals surface area contributed by atoms with Gasteiger partial charge in [-0.2, -0.15) is 0 Å². The molecule has 0 aliphatic rings. The molecule has 0 aliphatic carbocycles. The van der Waals surface area contributed by atoms with E-state index in [1.807, 2.05) is 6.92 Å². The van der Waals surface area contributed by atoms with E-state index in [4.69, 9.17) is 10.5 Å². The molecule has 0 radical (unpaired) electrons. The molecular weight excluding hydrogens is 344 g/mol. The highest BCUT2D eigenvalue weighted by Crippen LogP contribution is 2.30. The Hall–Kier alpha value is -1.95. The van der Waals surface area contributed by atoms with Crippen LogP contribution in [0.1, 0.15) is 21.5 Å². The summed E-state index contributed by atoms with van der Waals surface area (Å²) < 4.78 is 33.1. The van der Waals surface area contributed by atoms with Crippen molar-refractivity contribution in [3.63, 3.8) is 0 Å². The average molecular weight is 356 g/mol. The number of ether oxygens (including phenoxy) is 1. The Kier molecular flexibility index (Phi) is 4.27. The van der Waals surface area contributed by atoms with Crippen molar-refractivity contribution in [1.82, 2.24) is 0 Å². The fourth-order valence-electron chi connectivity index (χ4n) is 1.92. The SMILES string of the molecule is COc1cc(C)c(Br)cc1C(=O)c1cc(F)cc(N)c1F. The third kappa shape index (κ3) is 2.90. The molecule has 21 heavy (non-hydrogen) atoms. The summed E-state index contributed by atoms with van der Waals surface area (Å²) in [6.07, 6.45) is 0. The molecule has 3 nitrogen and oxygen atoms in total. The minimum atomic E-state index is -0.944. The summed E-state index contributed by atoms with van der Waals surface area (Å²) in [6.45, 7) is 1.82. The topological polar surface area (TPSA) is 52.3 Å². The van der Waals surface area contributed by atoms with Crippen LogP contribution in [0.3, 0.4) is 0 Å². The number of nitrogens with two attached hydrogens (primary N) is 1. The fourth-order valence-corrected chi connectivity index (χ4v) is 2.27. The van der Waals surface area contributed by atoms with Crippen LogP contribution in [0, 0.1) is 18.6 Å². The summed E-state index contributed by atoms with van der Waals surface area (Å²) in [5.41, 5.74) is 5.49. The Morgan fingerprint density at radius 3 is 2.48 bits per heavy atom. The highest BCUT2D eigenvalue weighted by molar-refractivity contribution is 9.10. The summed E-state index contributed by atoms with van der Waals surface area (Å²) in [5.74, 6) is -2.14. The zero-order chi connectivity index (χ0) is 15.7. The van der Waals surface area contributed by atoms with Gasteiger partial charge in [0.2, 0.25) is 0 Å². The normalized spacial score (nSPS) is 10.5. The van der Waals surface area contributed by atoms with Crippen molar-refractivity contribution in [2.45, 2.75) is 6.92 Å². The number of hydrogen-bond donors (Lipinski definition) is 1. The summed E-state index contributed by atoms with van der Waals surface area (Å²) >= 11 is 3.30. The molecule has 2 N–H and O–H groups in total. The number of carbonyl (C=O) groups excluding carboxylic acids is 1. The van der Waals surface area contributed by atoms with Crippen LogP contribution in [-0.2, 0) is 0 Å². The lowest BCUT2D eigenvalue weighted by Crippen LogP contribution is -2.09. The Balaban J connectivity index is 2.63. The van der Waals surface area contributed by atoms with Crippen LogP contribution in [0.4, 0.5) is 14.5 Å². The van der Waals surface area contributed by atoms with Gasteiger partial charge in [0.1, 0.15) is 11.6 Å². The fraction of sp³-hybridized carbons (Fsp3) is 0.133. The lowest BCUT2D eigenvalue weighted by atomic mass is 10.00. The predicted molar refractivity (Wildman–Crippen MR) is 79.6 cm³/mol. The van der Waals surface area contributed by atoms with Gasteiger partial charge < -0.3 is 10.5 Å². The number of methoxy groups -OCH3 is 1. The van der Waals surface area contributed by atoms with Crippen LogP contribution in [0.5, 0.6) is 5.75 Å². The minimum absolute atomic E-state index is 0.124. The van der Waals surface area contributed by atoms with Crippen molar-refractivity contribution in [2.75, 3.05) is 12.8 Å². The summed E-state index contributed by atoms with van der Waals surface area (Å²) in [5, 5.41) is 0. The standard InChI is InChI=1S/C15H12BrF2NO2/c1-7-3-13(21-2)9(6-11(7)16)15(20)10-4-8(17)5-12(19)14(10)18/h3-6H,19H2,1-2H3. The van der Waals surface area contributed by atoms with E-state index in [0.717, 1.165) is 17.7 Å². The lowest BCUT2D eigenvalue weighted by Gasteiger charge is -2.11. The first-order valence-corrected chi connectivity index (χ1v) is 6.77. The van der Waals surface area contributed by atoms with E-state index >= 15 is 0 Å². The second-order valence-electron chi connectivity index (χ2n) is 4.49. The number of ketones is 1. The first-order valence-electron chi connectivity index (χ1n) is 5.98. The quantitative estimate of drug-likeness (QED) is 0.671. The molecule has 0 amide bonds. The third-order valence-electron chi connectivity index (χ3n) is 3.04. The smallest absolute Gasteiger partial charge is 0.199 e. The first kappa shape index (κ1) is 15.4. The van der Waals surface area contributed by atoms with E-state index in [9.17, 15) is 13.6 Å². The van der Waals surface area contributed by atoms with E-state index in [1.54, 1.807) is 6.07 Å². The van der Waals surface area contributed by atoms with Gasteiger partial charge >= 0.3 is 0 Å². The number of nitrogen functional groups attached to an aromatic ring is 1.